The van der Waals surface area contributed by atoms with E-state index in [4.69, 9.17) is 25.5 Å². The molecule has 0 aliphatic carbocycles. The van der Waals surface area contributed by atoms with E-state index in [0.29, 0.717) is 0 Å². The second kappa shape index (κ2) is 4.42. The van der Waals surface area contributed by atoms with Crippen LogP contribution in [0.15, 0.2) is 12.3 Å². The van der Waals surface area contributed by atoms with Crippen LogP contribution in [0.5, 0.6) is 0 Å². The van der Waals surface area contributed by atoms with Gasteiger partial charge in [0.1, 0.15) is 24.1 Å². The first-order valence-electron chi connectivity index (χ1n) is 3.48. The zero-order valence-electron chi connectivity index (χ0n) is 6.75. The van der Waals surface area contributed by atoms with E-state index >= 15 is 0 Å². The molecule has 0 aromatic carbocycles. The fourth-order valence-electron chi connectivity index (χ4n) is 0.669. The van der Waals surface area contributed by atoms with Crippen LogP contribution in [0.2, 0.25) is 0 Å². The Morgan fingerprint density at radius 2 is 1.50 bits per heavy atom. The Kier molecular flexibility index (Phi) is 4.19. The van der Waals surface area contributed by atoms with Gasteiger partial charge < -0.3 is 25.5 Å². The standard InChI is InChI=1S/C7H14O5/c1-3(8)5(10)7(12)6(11)4(2)9/h4-12H,1H2,2H3/t4-,5+,6-,7+/m1/s1. The lowest BCUT2D eigenvalue weighted by molar-refractivity contribution is -0.0974. The summed E-state index contributed by atoms with van der Waals surface area (Å²) in [5, 5.41) is 44.4. The van der Waals surface area contributed by atoms with Gasteiger partial charge in [-0.15, -0.1) is 0 Å². The summed E-state index contributed by atoms with van der Waals surface area (Å²) in [4.78, 5) is 0. The summed E-state index contributed by atoms with van der Waals surface area (Å²) in [5.41, 5.74) is 0. The molecule has 0 rings (SSSR count). The lowest BCUT2D eigenvalue weighted by Crippen LogP contribution is -2.43. The molecule has 12 heavy (non-hydrogen) atoms. The van der Waals surface area contributed by atoms with Crippen LogP contribution in [0.25, 0.3) is 0 Å². The molecular weight excluding hydrogens is 164 g/mol. The van der Waals surface area contributed by atoms with Crippen molar-refractivity contribution in [3.8, 4) is 0 Å². The normalized spacial score (nSPS) is 21.1. The first-order valence-corrected chi connectivity index (χ1v) is 3.48. The molecule has 0 heterocycles. The molecule has 72 valence electrons. The van der Waals surface area contributed by atoms with Crippen LogP contribution in [0.3, 0.4) is 0 Å². The van der Waals surface area contributed by atoms with Gasteiger partial charge in [0, 0.05) is 0 Å². The molecule has 5 nitrogen and oxygen atoms in total. The van der Waals surface area contributed by atoms with Gasteiger partial charge in [0.15, 0.2) is 0 Å². The minimum absolute atomic E-state index is 0.651. The van der Waals surface area contributed by atoms with E-state index in [1.807, 2.05) is 0 Å². The van der Waals surface area contributed by atoms with E-state index in [1.165, 1.54) is 6.92 Å². The average molecular weight is 178 g/mol. The number of aliphatic hydroxyl groups is 5. The van der Waals surface area contributed by atoms with E-state index in [9.17, 15) is 0 Å². The smallest absolute Gasteiger partial charge is 0.139 e. The zero-order chi connectivity index (χ0) is 9.89. The predicted molar refractivity (Wildman–Crippen MR) is 41.5 cm³/mol. The number of aliphatic hydroxyl groups excluding tert-OH is 5. The van der Waals surface area contributed by atoms with Gasteiger partial charge in [-0.3, -0.25) is 0 Å². The van der Waals surface area contributed by atoms with Crippen molar-refractivity contribution in [1.82, 2.24) is 0 Å². The van der Waals surface area contributed by atoms with Crippen LogP contribution < -0.4 is 0 Å². The van der Waals surface area contributed by atoms with Gasteiger partial charge in [0.2, 0.25) is 0 Å². The van der Waals surface area contributed by atoms with Crippen LogP contribution in [-0.4, -0.2) is 49.9 Å². The quantitative estimate of drug-likeness (QED) is 0.338. The maximum absolute atomic E-state index is 9.05. The summed E-state index contributed by atoms with van der Waals surface area (Å²) in [6, 6.07) is 0. The molecule has 0 aromatic rings. The summed E-state index contributed by atoms with van der Waals surface area (Å²) in [5.74, 6) is -0.651. The summed E-state index contributed by atoms with van der Waals surface area (Å²) < 4.78 is 0. The van der Waals surface area contributed by atoms with Crippen LogP contribution in [0.1, 0.15) is 6.92 Å². The van der Waals surface area contributed by atoms with Crippen molar-refractivity contribution in [2.45, 2.75) is 31.3 Å². The van der Waals surface area contributed by atoms with Gasteiger partial charge in [-0.1, -0.05) is 6.58 Å². The lowest BCUT2D eigenvalue weighted by atomic mass is 10.0. The van der Waals surface area contributed by atoms with Gasteiger partial charge in [0.05, 0.1) is 6.10 Å². The van der Waals surface area contributed by atoms with Crippen LogP contribution in [0, 0.1) is 0 Å². The second-order valence-electron chi connectivity index (χ2n) is 2.66. The monoisotopic (exact) mass is 178 g/mol. The maximum Gasteiger partial charge on any atom is 0.139 e. The van der Waals surface area contributed by atoms with Crippen molar-refractivity contribution < 1.29 is 25.5 Å². The predicted octanol–water partition coefficient (Wildman–Crippen LogP) is -1.48. The molecule has 0 fully saturated rings. The molecule has 5 N–H and O–H groups in total. The Morgan fingerprint density at radius 3 is 1.75 bits per heavy atom. The van der Waals surface area contributed by atoms with Gasteiger partial charge in [-0.05, 0) is 6.92 Å². The second-order valence-corrected chi connectivity index (χ2v) is 2.66. The third-order valence-electron chi connectivity index (χ3n) is 1.51. The zero-order valence-corrected chi connectivity index (χ0v) is 6.75. The third-order valence-corrected chi connectivity index (χ3v) is 1.51. The third kappa shape index (κ3) is 2.78. The summed E-state index contributed by atoms with van der Waals surface area (Å²) >= 11 is 0. The molecule has 0 unspecified atom stereocenters. The summed E-state index contributed by atoms with van der Waals surface area (Å²) in [6.07, 6.45) is -5.98. The first-order chi connectivity index (χ1) is 5.37. The minimum Gasteiger partial charge on any atom is -0.510 e. The average Bonchev–Trinajstić information content (AvgIpc) is 2.00. The Hall–Kier alpha value is -0.620. The van der Waals surface area contributed by atoms with Gasteiger partial charge in [-0.2, -0.15) is 0 Å². The van der Waals surface area contributed by atoms with Crippen molar-refractivity contribution in [3.05, 3.63) is 12.3 Å². The van der Waals surface area contributed by atoms with Crippen molar-refractivity contribution in [2.24, 2.45) is 0 Å². The summed E-state index contributed by atoms with van der Waals surface area (Å²) in [7, 11) is 0. The van der Waals surface area contributed by atoms with Crippen LogP contribution in [-0.2, 0) is 0 Å². The highest BCUT2D eigenvalue weighted by Crippen LogP contribution is 2.08. The lowest BCUT2D eigenvalue weighted by Gasteiger charge is -2.23. The molecule has 0 amide bonds. The number of rotatable bonds is 4. The molecule has 0 saturated heterocycles. The number of hydrogen-bond donors (Lipinski definition) is 5. The van der Waals surface area contributed by atoms with Crippen LogP contribution in [0.4, 0.5) is 0 Å². The highest BCUT2D eigenvalue weighted by atomic mass is 16.4. The Bertz CT molecular complexity index is 156. The van der Waals surface area contributed by atoms with E-state index < -0.39 is 30.2 Å². The molecular formula is C7H14O5. The van der Waals surface area contributed by atoms with E-state index in [-0.39, 0.29) is 0 Å². The Labute approximate surface area is 70.2 Å². The molecule has 0 aromatic heterocycles. The molecule has 0 aliphatic rings. The molecule has 5 heteroatoms. The van der Waals surface area contributed by atoms with Crippen molar-refractivity contribution in [1.29, 1.82) is 0 Å². The molecule has 0 radical (unpaired) electrons. The maximum atomic E-state index is 9.05. The van der Waals surface area contributed by atoms with Crippen molar-refractivity contribution in [3.63, 3.8) is 0 Å². The molecule has 0 aliphatic heterocycles. The van der Waals surface area contributed by atoms with Crippen molar-refractivity contribution >= 4 is 0 Å². The van der Waals surface area contributed by atoms with Gasteiger partial charge in [0.25, 0.3) is 0 Å². The van der Waals surface area contributed by atoms with E-state index in [2.05, 4.69) is 6.58 Å². The molecule has 0 spiro atoms. The fraction of sp³-hybridized carbons (Fsp3) is 0.714. The van der Waals surface area contributed by atoms with E-state index in [1.54, 1.807) is 0 Å². The fourth-order valence-corrected chi connectivity index (χ4v) is 0.669. The molecule has 0 bridgehead atoms. The molecule has 0 saturated carbocycles. The molecule has 4 atom stereocenters. The number of hydrogen-bond acceptors (Lipinski definition) is 5. The first kappa shape index (κ1) is 11.4. The highest BCUT2D eigenvalue weighted by Gasteiger charge is 2.29. The van der Waals surface area contributed by atoms with Crippen LogP contribution >= 0.6 is 0 Å². The Morgan fingerprint density at radius 1 is 1.08 bits per heavy atom. The van der Waals surface area contributed by atoms with Gasteiger partial charge >= 0.3 is 0 Å². The SMILES string of the molecule is C=C(O)[C@H](O)[C@H](O)[C@H](O)[C@@H](C)O. The largest absolute Gasteiger partial charge is 0.510 e. The Balaban J connectivity index is 4.18. The summed E-state index contributed by atoms with van der Waals surface area (Å²) in [6.45, 7) is 4.22. The van der Waals surface area contributed by atoms with E-state index in [0.717, 1.165) is 0 Å². The highest BCUT2D eigenvalue weighted by molar-refractivity contribution is 4.96. The van der Waals surface area contributed by atoms with Gasteiger partial charge in [-0.25, -0.2) is 0 Å². The van der Waals surface area contributed by atoms with Crippen molar-refractivity contribution in [2.75, 3.05) is 0 Å². The minimum atomic E-state index is -1.64. The topological polar surface area (TPSA) is 101 Å².